The Bertz CT molecular complexity index is 1260. The molecule has 0 saturated heterocycles. The zero-order valence-electron chi connectivity index (χ0n) is 18.5. The number of ketones is 1. The van der Waals surface area contributed by atoms with E-state index in [4.69, 9.17) is 0 Å². The first-order valence-corrected chi connectivity index (χ1v) is 11.6. The molecule has 0 radical (unpaired) electrons. The van der Waals surface area contributed by atoms with Gasteiger partial charge in [0.2, 0.25) is 10.0 Å². The predicted octanol–water partition coefficient (Wildman–Crippen LogP) is 4.56. The van der Waals surface area contributed by atoms with E-state index in [-0.39, 0.29) is 21.8 Å². The summed E-state index contributed by atoms with van der Waals surface area (Å²) in [7, 11) is -3.76. The number of aryl methyl sites for hydroxylation is 1. The summed E-state index contributed by atoms with van der Waals surface area (Å²) >= 11 is 0. The molecule has 3 rings (SSSR count). The average molecular weight is 451 g/mol. The van der Waals surface area contributed by atoms with Crippen molar-refractivity contribution in [2.24, 2.45) is 0 Å². The zero-order valence-corrected chi connectivity index (χ0v) is 19.3. The van der Waals surface area contributed by atoms with Gasteiger partial charge in [0.05, 0.1) is 10.5 Å². The lowest BCUT2D eigenvalue weighted by Gasteiger charge is -2.20. The van der Waals surface area contributed by atoms with E-state index >= 15 is 0 Å². The van der Waals surface area contributed by atoms with Gasteiger partial charge in [-0.1, -0.05) is 54.1 Å². The summed E-state index contributed by atoms with van der Waals surface area (Å²) in [6, 6.07) is 19.7. The number of carbonyl (C=O) groups excluding carboxylic acids is 2. The summed E-state index contributed by atoms with van der Waals surface area (Å²) in [4.78, 5) is 26.0. The van der Waals surface area contributed by atoms with Crippen molar-refractivity contribution in [1.29, 1.82) is 0 Å². The third-order valence-corrected chi connectivity index (χ3v) is 6.33. The fourth-order valence-electron chi connectivity index (χ4n) is 3.14. The first-order valence-electron chi connectivity index (χ1n) is 10.1. The molecule has 32 heavy (non-hydrogen) atoms. The first-order chi connectivity index (χ1) is 15.0. The maximum absolute atomic E-state index is 13.0. The Morgan fingerprint density at radius 3 is 2.06 bits per heavy atom. The zero-order chi connectivity index (χ0) is 23.5. The molecular formula is C25H26N2O4S. The summed E-state index contributed by atoms with van der Waals surface area (Å²) in [6.07, 6.45) is 0. The maximum atomic E-state index is 13.0. The Morgan fingerprint density at radius 1 is 0.812 bits per heavy atom. The highest BCUT2D eigenvalue weighted by Gasteiger charge is 2.23. The second-order valence-corrected chi connectivity index (χ2v) is 10.3. The predicted molar refractivity (Wildman–Crippen MR) is 126 cm³/mol. The van der Waals surface area contributed by atoms with Crippen LogP contribution in [0.4, 0.5) is 5.69 Å². The fraction of sp³-hybridized carbons (Fsp3) is 0.200. The van der Waals surface area contributed by atoms with E-state index in [1.807, 2.05) is 19.1 Å². The number of amides is 1. The lowest BCUT2D eigenvalue weighted by Crippen LogP contribution is -2.40. The molecule has 6 nitrogen and oxygen atoms in total. The topological polar surface area (TPSA) is 92.3 Å². The smallest absolute Gasteiger partial charge is 0.256 e. The Kier molecular flexibility index (Phi) is 6.62. The van der Waals surface area contributed by atoms with E-state index in [1.54, 1.807) is 69.3 Å². The van der Waals surface area contributed by atoms with Crippen molar-refractivity contribution in [1.82, 2.24) is 4.72 Å². The molecule has 0 aliphatic rings. The molecule has 1 amide bonds. The number of benzene rings is 3. The van der Waals surface area contributed by atoms with Crippen molar-refractivity contribution < 1.29 is 18.0 Å². The minimum atomic E-state index is -3.76. The number of sulfonamides is 1. The highest BCUT2D eigenvalue weighted by Crippen LogP contribution is 2.20. The summed E-state index contributed by atoms with van der Waals surface area (Å²) in [6.45, 7) is 7.18. The number of anilines is 1. The number of nitrogens with one attached hydrogen (secondary N) is 2. The van der Waals surface area contributed by atoms with Crippen molar-refractivity contribution in [3.8, 4) is 0 Å². The lowest BCUT2D eigenvalue weighted by atomic mass is 9.97. The van der Waals surface area contributed by atoms with Gasteiger partial charge in [0, 0.05) is 22.4 Å². The summed E-state index contributed by atoms with van der Waals surface area (Å²) < 4.78 is 27.8. The van der Waals surface area contributed by atoms with Gasteiger partial charge < -0.3 is 5.32 Å². The molecule has 2 N–H and O–H groups in total. The second kappa shape index (κ2) is 9.06. The minimum absolute atomic E-state index is 0.0363. The third-order valence-electron chi connectivity index (χ3n) is 4.57. The molecular weight excluding hydrogens is 424 g/mol. The number of rotatable bonds is 6. The number of hydrogen-bond acceptors (Lipinski definition) is 4. The monoisotopic (exact) mass is 450 g/mol. The molecule has 0 aliphatic carbocycles. The van der Waals surface area contributed by atoms with Crippen molar-refractivity contribution in [3.05, 3.63) is 95.1 Å². The van der Waals surface area contributed by atoms with Crippen molar-refractivity contribution in [3.63, 3.8) is 0 Å². The van der Waals surface area contributed by atoms with Crippen LogP contribution in [0.3, 0.4) is 0 Å². The molecule has 0 aliphatic heterocycles. The van der Waals surface area contributed by atoms with E-state index in [2.05, 4.69) is 10.0 Å². The molecule has 0 aromatic heterocycles. The van der Waals surface area contributed by atoms with Gasteiger partial charge in [0.1, 0.15) is 0 Å². The Hall–Kier alpha value is -3.29. The van der Waals surface area contributed by atoms with Crippen LogP contribution in [0.2, 0.25) is 0 Å². The molecule has 0 atom stereocenters. The molecule has 0 fully saturated rings. The average Bonchev–Trinajstić information content (AvgIpc) is 2.72. The molecule has 3 aromatic rings. The van der Waals surface area contributed by atoms with Gasteiger partial charge in [-0.3, -0.25) is 9.59 Å². The van der Waals surface area contributed by atoms with E-state index < -0.39 is 21.5 Å². The summed E-state index contributed by atoms with van der Waals surface area (Å²) in [5.41, 5.74) is 1.66. The van der Waals surface area contributed by atoms with Crippen LogP contribution in [-0.2, 0) is 10.0 Å². The largest absolute Gasteiger partial charge is 0.322 e. The van der Waals surface area contributed by atoms with Gasteiger partial charge >= 0.3 is 0 Å². The standard InChI is InChI=1S/C25H26N2O4S/c1-17-12-14-18(15-13-17)23(28)21-10-5-6-11-22(21)24(29)26-19-8-7-9-20(16-19)32(30,31)27-25(2,3)4/h5-16,27H,1-4H3,(H,26,29). The van der Waals surface area contributed by atoms with Crippen LogP contribution in [0.15, 0.2) is 77.7 Å². The van der Waals surface area contributed by atoms with E-state index in [1.165, 1.54) is 12.1 Å². The number of hydrogen-bond donors (Lipinski definition) is 2. The highest BCUT2D eigenvalue weighted by atomic mass is 32.2. The van der Waals surface area contributed by atoms with E-state index in [0.29, 0.717) is 11.3 Å². The van der Waals surface area contributed by atoms with Crippen molar-refractivity contribution in [2.45, 2.75) is 38.1 Å². The van der Waals surface area contributed by atoms with Gasteiger partial charge in [-0.25, -0.2) is 13.1 Å². The molecule has 0 bridgehead atoms. The Balaban J connectivity index is 1.88. The van der Waals surface area contributed by atoms with E-state index in [0.717, 1.165) is 5.56 Å². The van der Waals surface area contributed by atoms with Gasteiger partial charge in [0.15, 0.2) is 5.78 Å². The van der Waals surface area contributed by atoms with Crippen molar-refractivity contribution in [2.75, 3.05) is 5.32 Å². The van der Waals surface area contributed by atoms with Gasteiger partial charge in [-0.05, 0) is 52.0 Å². The van der Waals surface area contributed by atoms with Crippen LogP contribution in [0.25, 0.3) is 0 Å². The van der Waals surface area contributed by atoms with Gasteiger partial charge in [-0.15, -0.1) is 0 Å². The van der Waals surface area contributed by atoms with Crippen LogP contribution in [0, 0.1) is 6.92 Å². The highest BCUT2D eigenvalue weighted by molar-refractivity contribution is 7.89. The third kappa shape index (κ3) is 5.69. The molecule has 0 heterocycles. The maximum Gasteiger partial charge on any atom is 0.256 e. The molecule has 166 valence electrons. The fourth-order valence-corrected chi connectivity index (χ4v) is 4.60. The lowest BCUT2D eigenvalue weighted by molar-refractivity contribution is 0.0996. The first kappa shape index (κ1) is 23.4. The van der Waals surface area contributed by atoms with Gasteiger partial charge in [0.25, 0.3) is 5.91 Å². The van der Waals surface area contributed by atoms with Crippen LogP contribution < -0.4 is 10.0 Å². The normalized spacial score (nSPS) is 11.8. The van der Waals surface area contributed by atoms with Crippen molar-refractivity contribution >= 4 is 27.4 Å². The molecule has 7 heteroatoms. The second-order valence-electron chi connectivity index (χ2n) is 8.58. The quantitative estimate of drug-likeness (QED) is 0.539. The minimum Gasteiger partial charge on any atom is -0.322 e. The van der Waals surface area contributed by atoms with Gasteiger partial charge in [-0.2, -0.15) is 0 Å². The molecule has 0 spiro atoms. The van der Waals surface area contributed by atoms with Crippen LogP contribution in [0.5, 0.6) is 0 Å². The van der Waals surface area contributed by atoms with Crippen LogP contribution in [-0.4, -0.2) is 25.6 Å². The summed E-state index contributed by atoms with van der Waals surface area (Å²) in [5, 5.41) is 2.71. The van der Waals surface area contributed by atoms with Crippen LogP contribution >= 0.6 is 0 Å². The van der Waals surface area contributed by atoms with E-state index in [9.17, 15) is 18.0 Å². The molecule has 0 unspecified atom stereocenters. The summed E-state index contributed by atoms with van der Waals surface area (Å²) in [5.74, 6) is -0.763. The number of carbonyl (C=O) groups is 2. The van der Waals surface area contributed by atoms with Crippen LogP contribution in [0.1, 0.15) is 52.6 Å². The molecule has 0 saturated carbocycles. The molecule has 3 aromatic carbocycles. The Labute approximate surface area is 188 Å². The SMILES string of the molecule is Cc1ccc(C(=O)c2ccccc2C(=O)Nc2cccc(S(=O)(=O)NC(C)(C)C)c2)cc1. The Morgan fingerprint density at radius 2 is 1.44 bits per heavy atom.